The second-order valence-corrected chi connectivity index (χ2v) is 4.72. The van der Waals surface area contributed by atoms with Crippen LogP contribution >= 0.6 is 0 Å². The van der Waals surface area contributed by atoms with E-state index in [9.17, 15) is 9.59 Å². The lowest BCUT2D eigenvalue weighted by atomic mass is 9.95. The second-order valence-electron chi connectivity index (χ2n) is 4.72. The van der Waals surface area contributed by atoms with Crippen LogP contribution in [0.25, 0.3) is 5.57 Å². The highest BCUT2D eigenvalue weighted by Crippen LogP contribution is 2.25. The Balaban J connectivity index is 2.61. The molecule has 122 valence electrons. The molecule has 0 heterocycles. The quantitative estimate of drug-likeness (QED) is 0.368. The number of benzene rings is 2. The van der Waals surface area contributed by atoms with Crippen LogP contribution in [0.4, 0.5) is 0 Å². The van der Waals surface area contributed by atoms with Crippen LogP contribution in [0.1, 0.15) is 11.1 Å². The van der Waals surface area contributed by atoms with Gasteiger partial charge in [-0.1, -0.05) is 36.4 Å². The van der Waals surface area contributed by atoms with Crippen molar-refractivity contribution >= 4 is 17.5 Å². The molecule has 0 aliphatic rings. The predicted octanol–water partition coefficient (Wildman–Crippen LogP) is 3.00. The minimum Gasteiger partial charge on any atom is -0.509 e. The van der Waals surface area contributed by atoms with Gasteiger partial charge in [0.15, 0.2) is 0 Å². The molecule has 0 saturated heterocycles. The van der Waals surface area contributed by atoms with Crippen LogP contribution < -0.4 is 0 Å². The molecule has 0 aliphatic heterocycles. The van der Waals surface area contributed by atoms with Crippen molar-refractivity contribution in [2.45, 2.75) is 0 Å². The van der Waals surface area contributed by atoms with Gasteiger partial charge in [0.2, 0.25) is 5.97 Å². The maximum absolute atomic E-state index is 12.3. The number of carbonyl (C=O) groups is 2. The van der Waals surface area contributed by atoms with Crippen LogP contribution in [0, 0.1) is 12.2 Å². The first-order chi connectivity index (χ1) is 11.7. The molecular weight excluding hydrogens is 304 g/mol. The van der Waals surface area contributed by atoms with Gasteiger partial charge in [0, 0.05) is 0 Å². The first-order valence-electron chi connectivity index (χ1n) is 7.20. The Morgan fingerprint density at radius 1 is 0.833 bits per heavy atom. The van der Waals surface area contributed by atoms with E-state index >= 15 is 0 Å². The van der Waals surface area contributed by atoms with Gasteiger partial charge in [0.05, 0.1) is 14.2 Å². The van der Waals surface area contributed by atoms with E-state index < -0.39 is 11.9 Å². The lowest BCUT2D eigenvalue weighted by Gasteiger charge is -2.26. The molecule has 0 amide bonds. The minimum absolute atomic E-state index is 0.0975. The fourth-order valence-corrected chi connectivity index (χ4v) is 2.02. The zero-order chi connectivity index (χ0) is 17.4. The second kappa shape index (κ2) is 8.48. The highest BCUT2D eigenvalue weighted by atomic mass is 16.5. The molecule has 0 bridgehead atoms. The van der Waals surface area contributed by atoms with E-state index in [4.69, 9.17) is 4.74 Å². The summed E-state index contributed by atoms with van der Waals surface area (Å²) in [5.74, 6) is -1.31. The van der Waals surface area contributed by atoms with Gasteiger partial charge in [-0.2, -0.15) is 11.6 Å². The summed E-state index contributed by atoms with van der Waals surface area (Å²) in [5.41, 5.74) is 1.67. The first-order valence-corrected chi connectivity index (χ1v) is 7.20. The Labute approximate surface area is 141 Å². The van der Waals surface area contributed by atoms with E-state index in [-0.39, 0.29) is 11.1 Å². The van der Waals surface area contributed by atoms with Crippen molar-refractivity contribution in [2.24, 2.45) is 0 Å². The summed E-state index contributed by atoms with van der Waals surface area (Å²) in [4.78, 5) is 24.0. The topological polar surface area (TPSA) is 52.6 Å². The Bertz CT molecular complexity index is 759. The van der Waals surface area contributed by atoms with Crippen LogP contribution in [-0.2, 0) is 19.1 Å². The zero-order valence-corrected chi connectivity index (χ0v) is 13.4. The highest BCUT2D eigenvalue weighted by molar-refractivity contribution is 6.08. The molecule has 2 rings (SSSR count). The fourth-order valence-electron chi connectivity index (χ4n) is 2.02. The summed E-state index contributed by atoms with van der Waals surface area (Å²) in [5, 5.41) is 0. The molecule has 0 saturated carbocycles. The summed E-state index contributed by atoms with van der Waals surface area (Å²) in [6.45, 7) is 0. The number of rotatable bonds is 5. The normalized spacial score (nSPS) is 11.8. The van der Waals surface area contributed by atoms with E-state index in [1.54, 1.807) is 36.4 Å². The van der Waals surface area contributed by atoms with Gasteiger partial charge in [-0.25, -0.2) is 5.57 Å². The van der Waals surface area contributed by atoms with Gasteiger partial charge in [-0.3, -0.25) is 4.79 Å². The zero-order valence-electron chi connectivity index (χ0n) is 13.4. The van der Waals surface area contributed by atoms with Crippen LogP contribution in [-0.4, -0.2) is 26.2 Å². The molecule has 0 unspecified atom stereocenters. The van der Waals surface area contributed by atoms with Gasteiger partial charge < -0.3 is 14.3 Å². The predicted molar refractivity (Wildman–Crippen MR) is 89.4 cm³/mol. The van der Waals surface area contributed by atoms with Crippen molar-refractivity contribution in [1.82, 2.24) is 0 Å². The van der Waals surface area contributed by atoms with Gasteiger partial charge in [0.25, 0.3) is 5.97 Å². The third kappa shape index (κ3) is 4.43. The molecule has 0 radical (unpaired) electrons. The van der Waals surface area contributed by atoms with Gasteiger partial charge in [0.1, 0.15) is 0 Å². The number of ether oxygens (including phenoxy) is 2. The number of hydrogen-bond acceptors (Lipinski definition) is 4. The Kier molecular flexibility index (Phi) is 6.08. The van der Waals surface area contributed by atoms with Crippen molar-refractivity contribution in [3.8, 4) is 0 Å². The van der Waals surface area contributed by atoms with E-state index in [0.29, 0.717) is 11.1 Å². The summed E-state index contributed by atoms with van der Waals surface area (Å²) in [6.07, 6.45) is 5.57. The van der Waals surface area contributed by atoms with Gasteiger partial charge in [-0.15, -0.1) is 41.5 Å². The lowest BCUT2D eigenvalue weighted by Crippen LogP contribution is -2.10. The molecule has 24 heavy (non-hydrogen) atoms. The summed E-state index contributed by atoms with van der Waals surface area (Å²) in [6, 6.07) is 18.1. The van der Waals surface area contributed by atoms with Crippen molar-refractivity contribution in [3.63, 3.8) is 0 Å². The van der Waals surface area contributed by atoms with Crippen LogP contribution in [0.3, 0.4) is 0 Å². The summed E-state index contributed by atoms with van der Waals surface area (Å²) in [7, 11) is 2.52. The third-order valence-corrected chi connectivity index (χ3v) is 3.16. The maximum Gasteiger partial charge on any atom is 0.262 e. The molecule has 0 N–H and O–H groups in total. The maximum atomic E-state index is 12.3. The number of carbonyl (C=O) groups excluding carboxylic acids is 2. The van der Waals surface area contributed by atoms with Crippen molar-refractivity contribution in [3.05, 3.63) is 89.5 Å². The monoisotopic (exact) mass is 320 g/mol. The standard InChI is InChI=1S/C20H16O4/c1-23-19(21)14-17(16-11-7-4-8-12-16)18(20(22)24-2)13-15-9-5-3-6-10-15/h3-12H,1-2H3/q-2. The number of methoxy groups -OCH3 is 2. The molecule has 0 aromatic heterocycles. The van der Waals surface area contributed by atoms with Crippen LogP contribution in [0.5, 0.6) is 0 Å². The van der Waals surface area contributed by atoms with Crippen molar-refractivity contribution in [2.75, 3.05) is 14.2 Å². The van der Waals surface area contributed by atoms with E-state index in [2.05, 4.69) is 16.9 Å². The first kappa shape index (κ1) is 17.2. The SMILES string of the molecule is COC(=O)[C-]=C(C(=[C-]c1ccccc1)C(=O)OC)c1ccccc1. The van der Waals surface area contributed by atoms with E-state index in [1.807, 2.05) is 24.3 Å². The van der Waals surface area contributed by atoms with Gasteiger partial charge >= 0.3 is 0 Å². The molecule has 2 aromatic carbocycles. The molecule has 4 nitrogen and oxygen atoms in total. The largest absolute Gasteiger partial charge is 0.509 e. The third-order valence-electron chi connectivity index (χ3n) is 3.16. The number of hydrogen-bond donors (Lipinski definition) is 0. The molecular formula is C20H16O4-2. The highest BCUT2D eigenvalue weighted by Gasteiger charge is 2.03. The molecule has 0 aliphatic carbocycles. The molecule has 4 heteroatoms. The smallest absolute Gasteiger partial charge is 0.262 e. The van der Waals surface area contributed by atoms with E-state index in [1.165, 1.54) is 14.2 Å². The Morgan fingerprint density at radius 2 is 1.42 bits per heavy atom. The van der Waals surface area contributed by atoms with Crippen molar-refractivity contribution < 1.29 is 19.1 Å². The molecule has 0 atom stereocenters. The minimum atomic E-state index is -0.690. The van der Waals surface area contributed by atoms with Crippen LogP contribution in [0.2, 0.25) is 0 Å². The Morgan fingerprint density at radius 3 is 1.96 bits per heavy atom. The number of esters is 2. The average molecular weight is 320 g/mol. The fraction of sp³-hybridized carbons (Fsp3) is 0.100. The molecule has 0 spiro atoms. The molecule has 0 fully saturated rings. The average Bonchev–Trinajstić information content (AvgIpc) is 2.65. The molecule has 2 aromatic rings. The van der Waals surface area contributed by atoms with Crippen molar-refractivity contribution in [1.29, 1.82) is 0 Å². The van der Waals surface area contributed by atoms with Gasteiger partial charge in [-0.05, 0) is 0 Å². The Hall–Kier alpha value is -3.14. The summed E-state index contributed by atoms with van der Waals surface area (Å²) >= 11 is 0. The van der Waals surface area contributed by atoms with E-state index in [0.717, 1.165) is 0 Å². The van der Waals surface area contributed by atoms with Crippen LogP contribution in [0.15, 0.2) is 66.2 Å². The summed E-state index contributed by atoms with van der Waals surface area (Å²) < 4.78 is 9.50. The lowest BCUT2D eigenvalue weighted by molar-refractivity contribution is -0.135.